The number of hydrogen-bond donors (Lipinski definition) is 0. The predicted molar refractivity (Wildman–Crippen MR) is 297 cm³/mol. The molecule has 0 saturated heterocycles. The molecule has 0 spiro atoms. The minimum Gasteiger partial charge on any atom is -0.462 e. The summed E-state index contributed by atoms with van der Waals surface area (Å²) < 4.78 is 16.7. The summed E-state index contributed by atoms with van der Waals surface area (Å²) in [5.41, 5.74) is 0. The van der Waals surface area contributed by atoms with Gasteiger partial charge in [0.05, 0.1) is 0 Å². The maximum atomic E-state index is 12.8. The van der Waals surface area contributed by atoms with E-state index < -0.39 is 6.10 Å². The van der Waals surface area contributed by atoms with Crippen LogP contribution in [0.3, 0.4) is 0 Å². The monoisotopic (exact) mass is 953 g/mol. The van der Waals surface area contributed by atoms with Crippen molar-refractivity contribution in [3.05, 3.63) is 134 Å². The maximum Gasteiger partial charge on any atom is 0.306 e. The zero-order chi connectivity index (χ0) is 50.0. The van der Waals surface area contributed by atoms with Gasteiger partial charge in [0.1, 0.15) is 13.2 Å². The van der Waals surface area contributed by atoms with Gasteiger partial charge in [0.15, 0.2) is 6.10 Å². The van der Waals surface area contributed by atoms with E-state index in [2.05, 4.69) is 154 Å². The minimum absolute atomic E-state index is 0.137. The van der Waals surface area contributed by atoms with Gasteiger partial charge < -0.3 is 14.2 Å². The highest BCUT2D eigenvalue weighted by Crippen LogP contribution is 2.11. The fraction of sp³-hybridized carbons (Fsp3) is 0.603. The molecule has 0 aromatic rings. The third kappa shape index (κ3) is 54.4. The molecule has 6 nitrogen and oxygen atoms in total. The van der Waals surface area contributed by atoms with Crippen LogP contribution in [0.2, 0.25) is 0 Å². The van der Waals surface area contributed by atoms with Gasteiger partial charge in [-0.15, -0.1) is 0 Å². The average Bonchev–Trinajstić information content (AvgIpc) is 3.35. The molecule has 0 radical (unpaired) electrons. The molecule has 0 saturated carbocycles. The Morgan fingerprint density at radius 1 is 0.290 bits per heavy atom. The van der Waals surface area contributed by atoms with Gasteiger partial charge in [-0.2, -0.15) is 0 Å². The van der Waals surface area contributed by atoms with E-state index in [1.165, 1.54) is 77.0 Å². The summed E-state index contributed by atoms with van der Waals surface area (Å²) in [5.74, 6) is -1.07. The Kier molecular flexibility index (Phi) is 52.5. The summed E-state index contributed by atoms with van der Waals surface area (Å²) in [6.45, 7) is 6.42. The van der Waals surface area contributed by atoms with E-state index >= 15 is 0 Å². The molecule has 0 aromatic carbocycles. The molecule has 0 fully saturated rings. The lowest BCUT2D eigenvalue weighted by Crippen LogP contribution is -2.30. The van der Waals surface area contributed by atoms with E-state index in [4.69, 9.17) is 14.2 Å². The molecule has 0 aliphatic rings. The van der Waals surface area contributed by atoms with Crippen molar-refractivity contribution < 1.29 is 28.6 Å². The van der Waals surface area contributed by atoms with Gasteiger partial charge in [0, 0.05) is 19.3 Å². The van der Waals surface area contributed by atoms with Crippen LogP contribution in [0.25, 0.3) is 0 Å². The van der Waals surface area contributed by atoms with E-state index in [0.717, 1.165) is 96.3 Å². The summed E-state index contributed by atoms with van der Waals surface area (Å²) in [5, 5.41) is 0. The minimum atomic E-state index is -0.839. The quantitative estimate of drug-likeness (QED) is 0.0262. The molecular weight excluding hydrogens is 853 g/mol. The number of hydrogen-bond acceptors (Lipinski definition) is 6. The van der Waals surface area contributed by atoms with Crippen molar-refractivity contribution in [2.24, 2.45) is 0 Å². The van der Waals surface area contributed by atoms with Crippen LogP contribution < -0.4 is 0 Å². The Labute approximate surface area is 424 Å². The van der Waals surface area contributed by atoms with Crippen LogP contribution in [0, 0.1) is 0 Å². The van der Waals surface area contributed by atoms with Crippen LogP contribution in [0.1, 0.15) is 226 Å². The first-order valence-corrected chi connectivity index (χ1v) is 27.7. The molecule has 0 heterocycles. The lowest BCUT2D eigenvalue weighted by molar-refractivity contribution is -0.167. The maximum absolute atomic E-state index is 12.8. The Morgan fingerprint density at radius 3 is 0.841 bits per heavy atom. The summed E-state index contributed by atoms with van der Waals surface area (Å²) in [7, 11) is 0. The van der Waals surface area contributed by atoms with Crippen molar-refractivity contribution in [1.29, 1.82) is 0 Å². The van der Waals surface area contributed by atoms with Crippen LogP contribution in [-0.2, 0) is 28.6 Å². The van der Waals surface area contributed by atoms with Crippen molar-refractivity contribution in [3.63, 3.8) is 0 Å². The second-order valence-corrected chi connectivity index (χ2v) is 17.8. The number of unbranched alkanes of at least 4 members (excludes halogenated alkanes) is 15. The van der Waals surface area contributed by atoms with Crippen molar-refractivity contribution in [1.82, 2.24) is 0 Å². The van der Waals surface area contributed by atoms with E-state index in [1.54, 1.807) is 0 Å². The number of carbonyl (C=O) groups excluding carboxylic acids is 3. The molecule has 0 amide bonds. The van der Waals surface area contributed by atoms with Crippen LogP contribution in [0.15, 0.2) is 134 Å². The molecule has 69 heavy (non-hydrogen) atoms. The van der Waals surface area contributed by atoms with Crippen LogP contribution >= 0.6 is 0 Å². The van der Waals surface area contributed by atoms with Gasteiger partial charge in [-0.25, -0.2) is 0 Å². The number of rotatable bonds is 48. The van der Waals surface area contributed by atoms with Crippen molar-refractivity contribution in [3.8, 4) is 0 Å². The highest BCUT2D eigenvalue weighted by molar-refractivity contribution is 5.71. The summed E-state index contributed by atoms with van der Waals surface area (Å²) in [6.07, 6.45) is 78.7. The molecule has 0 aliphatic heterocycles. The highest BCUT2D eigenvalue weighted by atomic mass is 16.6. The Bertz CT molecular complexity index is 1440. The van der Waals surface area contributed by atoms with E-state index in [0.29, 0.717) is 12.8 Å². The molecule has 388 valence electrons. The normalized spacial score (nSPS) is 12.8. The first kappa shape index (κ1) is 64.5. The third-order valence-electron chi connectivity index (χ3n) is 11.1. The smallest absolute Gasteiger partial charge is 0.306 e. The van der Waals surface area contributed by atoms with Crippen LogP contribution in [-0.4, -0.2) is 37.2 Å². The second kappa shape index (κ2) is 56.1. The number of esters is 3. The zero-order valence-corrected chi connectivity index (χ0v) is 44.3. The Balaban J connectivity index is 4.63. The first-order chi connectivity index (χ1) is 34.0. The largest absolute Gasteiger partial charge is 0.462 e. The van der Waals surface area contributed by atoms with Gasteiger partial charge in [0.25, 0.3) is 0 Å². The van der Waals surface area contributed by atoms with Crippen LogP contribution in [0.4, 0.5) is 0 Å². The number of allylic oxidation sites excluding steroid dienone is 22. The van der Waals surface area contributed by atoms with Gasteiger partial charge >= 0.3 is 17.9 Å². The Morgan fingerprint density at radius 2 is 0.536 bits per heavy atom. The molecule has 0 aliphatic carbocycles. The standard InChI is InChI=1S/C63H100O6/c1-4-7-10-13-16-19-22-25-28-31-34-37-40-43-46-49-52-55-61(64)67-58-60(69-63(66)57-54-51-48-45-42-39-36-33-30-27-24-21-18-15-12-9-6-3)59-68-62(65)56-53-50-47-44-41-38-35-32-29-26-23-20-17-14-11-8-5-2/h16-21,25-30,34-39,43-44,46-47,60H,4-15,22-24,31-33,40-42,45,48-59H2,1-3H3/b19-16-,20-17-,21-18-,28-25-,29-26-,30-27-,37-34-,38-35-,39-36-,46-43-,47-44-. The lowest BCUT2D eigenvalue weighted by atomic mass is 10.1. The second-order valence-electron chi connectivity index (χ2n) is 17.8. The number of carbonyl (C=O) groups is 3. The molecule has 0 rings (SSSR count). The SMILES string of the molecule is CCCCC/C=C\C/C=C\C/C=C\C/C=C\CCCC(=O)OCC(COC(=O)CCC/C=C\C/C=C\C/C=C\C/C=C\CCCCC)OC(=O)CCCCCC/C=C\C/C=C\C/C=C\CCCCC. The molecule has 0 unspecified atom stereocenters. The molecular formula is C63H100O6. The lowest BCUT2D eigenvalue weighted by Gasteiger charge is -2.18. The topological polar surface area (TPSA) is 78.9 Å². The number of ether oxygens (including phenoxy) is 3. The predicted octanol–water partition coefficient (Wildman–Crippen LogP) is 18.6. The molecule has 0 N–H and O–H groups in total. The van der Waals surface area contributed by atoms with E-state index in [-0.39, 0.29) is 50.4 Å². The summed E-state index contributed by atoms with van der Waals surface area (Å²) in [4.78, 5) is 38.1. The van der Waals surface area contributed by atoms with E-state index in [9.17, 15) is 14.4 Å². The highest BCUT2D eigenvalue weighted by Gasteiger charge is 2.19. The van der Waals surface area contributed by atoms with Crippen molar-refractivity contribution >= 4 is 17.9 Å². The fourth-order valence-corrected chi connectivity index (χ4v) is 6.90. The molecule has 0 bridgehead atoms. The third-order valence-corrected chi connectivity index (χ3v) is 11.1. The summed E-state index contributed by atoms with van der Waals surface area (Å²) in [6, 6.07) is 0. The fourth-order valence-electron chi connectivity index (χ4n) is 6.90. The van der Waals surface area contributed by atoms with E-state index in [1.807, 2.05) is 0 Å². The Hall–Kier alpha value is -4.45. The molecule has 6 heteroatoms. The average molecular weight is 953 g/mol. The first-order valence-electron chi connectivity index (χ1n) is 27.7. The summed E-state index contributed by atoms with van der Waals surface area (Å²) >= 11 is 0. The van der Waals surface area contributed by atoms with Crippen LogP contribution in [0.5, 0.6) is 0 Å². The van der Waals surface area contributed by atoms with Gasteiger partial charge in [0.2, 0.25) is 0 Å². The molecule has 0 aromatic heterocycles. The zero-order valence-electron chi connectivity index (χ0n) is 44.3. The van der Waals surface area contributed by atoms with Gasteiger partial charge in [-0.1, -0.05) is 206 Å². The van der Waals surface area contributed by atoms with Gasteiger partial charge in [-0.3, -0.25) is 14.4 Å². The van der Waals surface area contributed by atoms with Crippen molar-refractivity contribution in [2.75, 3.05) is 13.2 Å². The van der Waals surface area contributed by atoms with Crippen molar-refractivity contribution in [2.45, 2.75) is 232 Å². The molecule has 0 atom stereocenters. The van der Waals surface area contributed by atoms with Gasteiger partial charge in [-0.05, 0) is 135 Å².